The van der Waals surface area contributed by atoms with Crippen LogP contribution >= 0.6 is 23.2 Å². The maximum absolute atomic E-state index is 5.45. The zero-order chi connectivity index (χ0) is 6.41. The van der Waals surface area contributed by atoms with E-state index in [1.54, 1.807) is 13.0 Å². The van der Waals surface area contributed by atoms with Gasteiger partial charge in [0.25, 0.3) is 0 Å². The molecule has 0 amide bonds. The fraction of sp³-hybridized carbons (Fsp3) is 0.600. The summed E-state index contributed by atoms with van der Waals surface area (Å²) in [4.78, 5) is 0. The first-order valence-electron chi connectivity index (χ1n) is 2.23. The summed E-state index contributed by atoms with van der Waals surface area (Å²) in [7, 11) is 0. The summed E-state index contributed by atoms with van der Waals surface area (Å²) in [6, 6.07) is 0.223. The molecule has 0 aromatic rings. The van der Waals surface area contributed by atoms with Gasteiger partial charge in [-0.05, 0) is 13.0 Å². The van der Waals surface area contributed by atoms with Crippen molar-refractivity contribution in [3.8, 4) is 0 Å². The molecule has 0 spiro atoms. The summed E-state index contributed by atoms with van der Waals surface area (Å²) in [5.74, 6) is 0. The molecular formula is C5H8Cl2O. The Kier molecular flexibility index (Phi) is 5.61. The third kappa shape index (κ3) is 6.28. The van der Waals surface area contributed by atoms with E-state index in [2.05, 4.69) is 0 Å². The Morgan fingerprint density at radius 1 is 1.75 bits per heavy atom. The zero-order valence-electron chi connectivity index (χ0n) is 4.66. The lowest BCUT2D eigenvalue weighted by atomic mass is 10.5. The van der Waals surface area contributed by atoms with E-state index in [0.29, 0.717) is 6.61 Å². The van der Waals surface area contributed by atoms with Crippen molar-refractivity contribution in [3.05, 3.63) is 11.1 Å². The van der Waals surface area contributed by atoms with Crippen LogP contribution in [0.2, 0.25) is 0 Å². The predicted octanol–water partition coefficient (Wildman–Crippen LogP) is 2.34. The minimum absolute atomic E-state index is 0.223. The molecule has 0 saturated heterocycles. The molecule has 0 aliphatic rings. The number of hydrogen-bond acceptors (Lipinski definition) is 1. The number of hydrogen-bond donors (Lipinski definition) is 0. The maximum Gasteiger partial charge on any atom is 0.121 e. The summed E-state index contributed by atoms with van der Waals surface area (Å²) >= 11 is 10.6. The molecule has 8 heavy (non-hydrogen) atoms. The van der Waals surface area contributed by atoms with Gasteiger partial charge in [0.15, 0.2) is 0 Å². The average molecular weight is 155 g/mol. The van der Waals surface area contributed by atoms with Crippen LogP contribution in [0, 0.1) is 0 Å². The van der Waals surface area contributed by atoms with Gasteiger partial charge < -0.3 is 4.74 Å². The lowest BCUT2D eigenvalue weighted by molar-refractivity contribution is 0.212. The van der Waals surface area contributed by atoms with Gasteiger partial charge in [0.1, 0.15) is 6.07 Å². The quantitative estimate of drug-likeness (QED) is 0.449. The van der Waals surface area contributed by atoms with Crippen molar-refractivity contribution in [2.75, 3.05) is 12.7 Å². The highest BCUT2D eigenvalue weighted by Gasteiger charge is 1.79. The van der Waals surface area contributed by atoms with Gasteiger partial charge in [-0.2, -0.15) is 0 Å². The highest BCUT2D eigenvalue weighted by molar-refractivity contribution is 6.29. The Morgan fingerprint density at radius 2 is 2.38 bits per heavy atom. The van der Waals surface area contributed by atoms with Gasteiger partial charge in [-0.1, -0.05) is 23.2 Å². The monoisotopic (exact) mass is 154 g/mol. The lowest BCUT2D eigenvalue weighted by Crippen LogP contribution is -1.85. The van der Waals surface area contributed by atoms with E-state index in [1.807, 2.05) is 0 Å². The second-order valence-corrected chi connectivity index (χ2v) is 2.09. The summed E-state index contributed by atoms with van der Waals surface area (Å²) in [6.45, 7) is 2.29. The third-order valence-corrected chi connectivity index (χ3v) is 0.868. The second kappa shape index (κ2) is 5.42. The Labute approximate surface area is 59.2 Å². The molecule has 0 radical (unpaired) electrons. The van der Waals surface area contributed by atoms with Gasteiger partial charge in [-0.3, -0.25) is 0 Å². The Balaban J connectivity index is 3.03. The maximum atomic E-state index is 5.45. The molecule has 0 fully saturated rings. The fourth-order valence-electron chi connectivity index (χ4n) is 0.218. The molecule has 3 heteroatoms. The number of halogens is 2. The molecule has 0 heterocycles. The van der Waals surface area contributed by atoms with Gasteiger partial charge in [-0.25, -0.2) is 0 Å². The molecule has 0 N–H and O–H groups in total. The summed E-state index contributed by atoms with van der Waals surface area (Å²) < 4.78 is 4.75. The molecule has 0 aromatic carbocycles. The summed E-state index contributed by atoms with van der Waals surface area (Å²) in [5.41, 5.74) is 0. The van der Waals surface area contributed by atoms with Crippen molar-refractivity contribution in [3.63, 3.8) is 0 Å². The number of alkyl halides is 1. The smallest absolute Gasteiger partial charge is 0.121 e. The van der Waals surface area contributed by atoms with Crippen LogP contribution < -0.4 is 0 Å². The zero-order valence-corrected chi connectivity index (χ0v) is 6.17. The molecule has 0 atom stereocenters. The van der Waals surface area contributed by atoms with Crippen LogP contribution in [0.5, 0.6) is 0 Å². The van der Waals surface area contributed by atoms with E-state index in [1.165, 1.54) is 0 Å². The van der Waals surface area contributed by atoms with Crippen LogP contribution in [0.3, 0.4) is 0 Å². The topological polar surface area (TPSA) is 9.23 Å². The third-order valence-electron chi connectivity index (χ3n) is 0.560. The van der Waals surface area contributed by atoms with E-state index in [9.17, 15) is 0 Å². The molecule has 0 saturated carbocycles. The van der Waals surface area contributed by atoms with Crippen LogP contribution in [0.1, 0.15) is 6.92 Å². The van der Waals surface area contributed by atoms with Crippen LogP contribution in [0.4, 0.5) is 0 Å². The number of rotatable bonds is 3. The van der Waals surface area contributed by atoms with Gasteiger partial charge in [-0.15, -0.1) is 0 Å². The van der Waals surface area contributed by atoms with E-state index in [-0.39, 0.29) is 6.07 Å². The van der Waals surface area contributed by atoms with E-state index < -0.39 is 0 Å². The first-order valence-corrected chi connectivity index (χ1v) is 3.14. The molecule has 0 aliphatic heterocycles. The Bertz CT molecular complexity index is 76.5. The molecule has 0 aromatic heterocycles. The minimum atomic E-state index is 0.223. The Hall–Kier alpha value is 0.280. The lowest BCUT2D eigenvalue weighted by Gasteiger charge is -1.90. The van der Waals surface area contributed by atoms with Crippen LogP contribution in [0.15, 0.2) is 11.1 Å². The minimum Gasteiger partial charge on any atom is -0.362 e. The molecular weight excluding hydrogens is 147 g/mol. The van der Waals surface area contributed by atoms with Crippen molar-refractivity contribution < 1.29 is 4.74 Å². The van der Waals surface area contributed by atoms with Crippen LogP contribution in [-0.2, 0) is 4.74 Å². The van der Waals surface area contributed by atoms with Gasteiger partial charge in [0.05, 0.1) is 6.61 Å². The van der Waals surface area contributed by atoms with Gasteiger partial charge >= 0.3 is 0 Å². The molecule has 1 nitrogen and oxygen atoms in total. The van der Waals surface area contributed by atoms with Crippen molar-refractivity contribution in [2.45, 2.75) is 6.92 Å². The Morgan fingerprint density at radius 3 is 2.75 bits per heavy atom. The van der Waals surface area contributed by atoms with Crippen molar-refractivity contribution in [2.24, 2.45) is 0 Å². The van der Waals surface area contributed by atoms with Crippen molar-refractivity contribution in [1.29, 1.82) is 0 Å². The number of allylic oxidation sites excluding steroid dienone is 1. The first-order chi connectivity index (χ1) is 3.77. The van der Waals surface area contributed by atoms with E-state index in [0.717, 1.165) is 5.03 Å². The van der Waals surface area contributed by atoms with Crippen LogP contribution in [-0.4, -0.2) is 12.7 Å². The van der Waals surface area contributed by atoms with Crippen molar-refractivity contribution >= 4 is 23.2 Å². The predicted molar refractivity (Wildman–Crippen MR) is 36.3 cm³/mol. The molecule has 0 bridgehead atoms. The van der Waals surface area contributed by atoms with Gasteiger partial charge in [0.2, 0.25) is 0 Å². The van der Waals surface area contributed by atoms with Crippen LogP contribution in [0.25, 0.3) is 0 Å². The average Bonchev–Trinajstić information content (AvgIpc) is 1.66. The van der Waals surface area contributed by atoms with E-state index >= 15 is 0 Å². The second-order valence-electron chi connectivity index (χ2n) is 1.27. The molecule has 0 unspecified atom stereocenters. The van der Waals surface area contributed by atoms with E-state index in [4.69, 9.17) is 27.9 Å². The standard InChI is InChI=1S/C5H8Cl2O/c1-5(7)2-3-8-4-6/h2H,3-4H2,1H3. The summed E-state index contributed by atoms with van der Waals surface area (Å²) in [6.07, 6.45) is 1.75. The summed E-state index contributed by atoms with van der Waals surface area (Å²) in [5, 5.41) is 0.732. The highest BCUT2D eigenvalue weighted by Crippen LogP contribution is 1.96. The number of ether oxygens (including phenoxy) is 1. The SMILES string of the molecule is CC(Cl)=CCOCCl. The molecule has 48 valence electrons. The molecule has 0 rings (SSSR count). The first kappa shape index (κ1) is 8.28. The largest absolute Gasteiger partial charge is 0.362 e. The fourth-order valence-corrected chi connectivity index (χ4v) is 0.370. The van der Waals surface area contributed by atoms with Crippen molar-refractivity contribution in [1.82, 2.24) is 0 Å². The normalized spacial score (nSPS) is 12.1. The van der Waals surface area contributed by atoms with Gasteiger partial charge in [0, 0.05) is 5.03 Å². The highest BCUT2D eigenvalue weighted by atomic mass is 35.5. The molecule has 0 aliphatic carbocycles.